The zero-order chi connectivity index (χ0) is 16.0. The minimum absolute atomic E-state index is 0.0940. The van der Waals surface area contributed by atoms with Crippen LogP contribution in [0.25, 0.3) is 11.0 Å². The molecule has 1 aliphatic rings. The summed E-state index contributed by atoms with van der Waals surface area (Å²) in [5.41, 5.74) is 7.82. The van der Waals surface area contributed by atoms with E-state index in [1.807, 2.05) is 36.4 Å². The molecular weight excluding hydrogens is 312 g/mol. The van der Waals surface area contributed by atoms with Crippen molar-refractivity contribution in [3.05, 3.63) is 76.3 Å². The number of ether oxygens (including phenoxy) is 1. The quantitative estimate of drug-likeness (QED) is 0.724. The van der Waals surface area contributed by atoms with Crippen LogP contribution in [-0.2, 0) is 0 Å². The van der Waals surface area contributed by atoms with Gasteiger partial charge in [-0.2, -0.15) is 5.26 Å². The van der Waals surface area contributed by atoms with E-state index in [0.717, 1.165) is 10.9 Å². The van der Waals surface area contributed by atoms with Crippen LogP contribution in [0.2, 0.25) is 5.02 Å². The van der Waals surface area contributed by atoms with Gasteiger partial charge < -0.3 is 14.9 Å². The highest BCUT2D eigenvalue weighted by Crippen LogP contribution is 2.47. The summed E-state index contributed by atoms with van der Waals surface area (Å²) in [6.45, 7) is 0. The summed E-state index contributed by atoms with van der Waals surface area (Å²) in [6, 6.07) is 17.0. The number of furan rings is 1. The molecule has 0 saturated carbocycles. The number of nitrogens with two attached hydrogens (primary N) is 1. The zero-order valence-corrected chi connectivity index (χ0v) is 12.7. The molecule has 0 aliphatic carbocycles. The van der Waals surface area contributed by atoms with Gasteiger partial charge >= 0.3 is 0 Å². The fourth-order valence-electron chi connectivity index (χ4n) is 2.90. The average molecular weight is 323 g/mol. The van der Waals surface area contributed by atoms with Crippen molar-refractivity contribution in [1.29, 1.82) is 5.26 Å². The van der Waals surface area contributed by atoms with E-state index in [1.54, 1.807) is 12.1 Å². The van der Waals surface area contributed by atoms with Crippen LogP contribution in [0.4, 0.5) is 0 Å². The molecule has 0 spiro atoms. The third-order valence-corrected chi connectivity index (χ3v) is 4.14. The van der Waals surface area contributed by atoms with E-state index in [4.69, 9.17) is 26.5 Å². The fourth-order valence-corrected chi connectivity index (χ4v) is 3.10. The Hall–Kier alpha value is -2.90. The standard InChI is InChI=1S/C18H11ClN2O2/c19-11-5-3-4-10(8-11)15-13(9-20)18(21)23-16-12-6-1-2-7-14(12)22-17(15)16/h1-8,15H,21H2. The lowest BCUT2D eigenvalue weighted by atomic mass is 9.88. The molecule has 112 valence electrons. The van der Waals surface area contributed by atoms with Crippen LogP contribution in [0.5, 0.6) is 5.75 Å². The van der Waals surface area contributed by atoms with Crippen LogP contribution < -0.4 is 10.5 Å². The van der Waals surface area contributed by atoms with Crippen molar-refractivity contribution in [3.63, 3.8) is 0 Å². The molecule has 0 radical (unpaired) electrons. The summed E-state index contributed by atoms with van der Waals surface area (Å²) in [5.74, 6) is 0.785. The number of fused-ring (bicyclic) bond motifs is 3. The largest absolute Gasteiger partial charge is 0.456 e. The predicted molar refractivity (Wildman–Crippen MR) is 87.0 cm³/mol. The first-order chi connectivity index (χ1) is 11.2. The van der Waals surface area contributed by atoms with Crippen LogP contribution in [0.3, 0.4) is 0 Å². The number of hydrogen-bond donors (Lipinski definition) is 1. The Morgan fingerprint density at radius 2 is 1.96 bits per heavy atom. The molecule has 0 amide bonds. The van der Waals surface area contributed by atoms with Crippen LogP contribution in [-0.4, -0.2) is 0 Å². The molecule has 1 aromatic heterocycles. The molecule has 0 saturated heterocycles. The molecule has 23 heavy (non-hydrogen) atoms. The van der Waals surface area contributed by atoms with Gasteiger partial charge in [0.15, 0.2) is 11.5 Å². The van der Waals surface area contributed by atoms with E-state index in [2.05, 4.69) is 6.07 Å². The first-order valence-corrected chi connectivity index (χ1v) is 7.41. The third kappa shape index (κ3) is 2.06. The Morgan fingerprint density at radius 3 is 2.74 bits per heavy atom. The maximum Gasteiger partial charge on any atom is 0.206 e. The summed E-state index contributed by atoms with van der Waals surface area (Å²) in [5, 5.41) is 10.9. The van der Waals surface area contributed by atoms with Gasteiger partial charge in [-0.05, 0) is 29.8 Å². The van der Waals surface area contributed by atoms with Crippen molar-refractivity contribution in [3.8, 4) is 11.8 Å². The normalized spacial score (nSPS) is 16.8. The first-order valence-electron chi connectivity index (χ1n) is 7.03. The van der Waals surface area contributed by atoms with Gasteiger partial charge in [0, 0.05) is 5.02 Å². The van der Waals surface area contributed by atoms with Crippen LogP contribution in [0, 0.1) is 11.3 Å². The maximum absolute atomic E-state index is 9.52. The van der Waals surface area contributed by atoms with Gasteiger partial charge in [0.1, 0.15) is 17.2 Å². The Bertz CT molecular complexity index is 998. The lowest BCUT2D eigenvalue weighted by Crippen LogP contribution is -2.20. The Labute approximate surface area is 137 Å². The molecule has 0 fully saturated rings. The Morgan fingerprint density at radius 1 is 1.13 bits per heavy atom. The van der Waals surface area contributed by atoms with Crippen molar-refractivity contribution >= 4 is 22.6 Å². The maximum atomic E-state index is 9.52. The van der Waals surface area contributed by atoms with Crippen molar-refractivity contribution in [2.75, 3.05) is 0 Å². The molecule has 3 aromatic rings. The van der Waals surface area contributed by atoms with E-state index in [0.29, 0.717) is 27.7 Å². The average Bonchev–Trinajstić information content (AvgIpc) is 2.91. The molecule has 1 aliphatic heterocycles. The van der Waals surface area contributed by atoms with E-state index in [-0.39, 0.29) is 5.88 Å². The van der Waals surface area contributed by atoms with Crippen LogP contribution in [0.1, 0.15) is 17.2 Å². The summed E-state index contributed by atoms with van der Waals surface area (Å²) in [7, 11) is 0. The van der Waals surface area contributed by atoms with E-state index >= 15 is 0 Å². The van der Waals surface area contributed by atoms with Crippen molar-refractivity contribution in [2.45, 2.75) is 5.92 Å². The van der Waals surface area contributed by atoms with Gasteiger partial charge in [0.25, 0.3) is 0 Å². The number of nitriles is 1. The third-order valence-electron chi connectivity index (χ3n) is 3.91. The molecule has 4 rings (SSSR count). The lowest BCUT2D eigenvalue weighted by Gasteiger charge is -2.22. The Balaban J connectivity index is 2.02. The van der Waals surface area contributed by atoms with Gasteiger partial charge in [-0.25, -0.2) is 0 Å². The molecule has 2 aromatic carbocycles. The lowest BCUT2D eigenvalue weighted by molar-refractivity contribution is 0.372. The second-order valence-corrected chi connectivity index (χ2v) is 5.71. The molecule has 2 N–H and O–H groups in total. The SMILES string of the molecule is N#CC1=C(N)Oc2c(oc3ccccc23)C1c1cccc(Cl)c1. The minimum Gasteiger partial charge on any atom is -0.456 e. The van der Waals surface area contributed by atoms with Gasteiger partial charge in [-0.1, -0.05) is 35.9 Å². The molecule has 5 heteroatoms. The molecule has 0 bridgehead atoms. The Kier molecular flexibility index (Phi) is 3.03. The van der Waals surface area contributed by atoms with E-state index < -0.39 is 5.92 Å². The molecular formula is C18H11ClN2O2. The van der Waals surface area contributed by atoms with Gasteiger partial charge in [-0.3, -0.25) is 0 Å². The van der Waals surface area contributed by atoms with E-state index in [1.165, 1.54) is 0 Å². The number of para-hydroxylation sites is 1. The zero-order valence-electron chi connectivity index (χ0n) is 11.9. The van der Waals surface area contributed by atoms with Crippen LogP contribution in [0.15, 0.2) is 64.4 Å². The predicted octanol–water partition coefficient (Wildman–Crippen LogP) is 4.30. The summed E-state index contributed by atoms with van der Waals surface area (Å²) in [6.07, 6.45) is 0. The molecule has 1 atom stereocenters. The monoisotopic (exact) mass is 322 g/mol. The number of nitrogens with zero attached hydrogens (tertiary/aromatic N) is 1. The highest BCUT2D eigenvalue weighted by atomic mass is 35.5. The van der Waals surface area contributed by atoms with Gasteiger partial charge in [0.2, 0.25) is 5.88 Å². The fraction of sp³-hybridized carbons (Fsp3) is 0.0556. The molecule has 4 nitrogen and oxygen atoms in total. The smallest absolute Gasteiger partial charge is 0.206 e. The van der Waals surface area contributed by atoms with Crippen molar-refractivity contribution in [1.82, 2.24) is 0 Å². The number of halogens is 1. The summed E-state index contributed by atoms with van der Waals surface area (Å²) >= 11 is 6.11. The van der Waals surface area contributed by atoms with Crippen molar-refractivity contribution in [2.24, 2.45) is 5.73 Å². The van der Waals surface area contributed by atoms with Gasteiger partial charge in [0.05, 0.1) is 11.3 Å². The number of benzene rings is 2. The first kappa shape index (κ1) is 13.7. The second-order valence-electron chi connectivity index (χ2n) is 5.27. The topological polar surface area (TPSA) is 72.2 Å². The van der Waals surface area contributed by atoms with Crippen LogP contribution >= 0.6 is 11.6 Å². The highest BCUT2D eigenvalue weighted by Gasteiger charge is 2.35. The highest BCUT2D eigenvalue weighted by molar-refractivity contribution is 6.30. The number of allylic oxidation sites excluding steroid dienone is 1. The molecule has 2 heterocycles. The number of rotatable bonds is 1. The molecule has 1 unspecified atom stereocenters. The summed E-state index contributed by atoms with van der Waals surface area (Å²) < 4.78 is 11.6. The van der Waals surface area contributed by atoms with E-state index in [9.17, 15) is 5.26 Å². The number of hydrogen-bond acceptors (Lipinski definition) is 4. The van der Waals surface area contributed by atoms with Gasteiger partial charge in [-0.15, -0.1) is 0 Å². The second kappa shape index (κ2) is 5.08. The minimum atomic E-state index is -0.435. The van der Waals surface area contributed by atoms with Crippen molar-refractivity contribution < 1.29 is 9.15 Å². The summed E-state index contributed by atoms with van der Waals surface area (Å²) in [4.78, 5) is 0.